The zero-order valence-corrected chi connectivity index (χ0v) is 11.5. The Morgan fingerprint density at radius 3 is 2.27 bits per heavy atom. The average molecular weight is 335 g/mol. The number of nitrogens with zero attached hydrogens (tertiary/aromatic N) is 1. The maximum atomic E-state index is 4.43. The molecule has 0 fully saturated rings. The molecule has 0 amide bonds. The topological polar surface area (TPSA) is 28.7 Å². The lowest BCUT2D eigenvalue weighted by Crippen LogP contribution is -1.87. The summed E-state index contributed by atoms with van der Waals surface area (Å²) in [5.41, 5.74) is 4.82. The van der Waals surface area contributed by atoms with Crippen LogP contribution in [0.25, 0.3) is 11.3 Å². The molecule has 4 heteroatoms. The van der Waals surface area contributed by atoms with Gasteiger partial charge in [-0.25, -0.2) is 4.98 Å². The summed E-state index contributed by atoms with van der Waals surface area (Å²) in [7, 11) is 0. The molecule has 1 N–H and O–H groups in total. The second kappa shape index (κ2) is 4.99. The van der Waals surface area contributed by atoms with E-state index in [4.69, 9.17) is 0 Å². The predicted octanol–water partition coefficient (Wildman–Crippen LogP) is 3.72. The Labute approximate surface area is 109 Å². The molecule has 0 radical (unpaired) electrons. The van der Waals surface area contributed by atoms with Gasteiger partial charge in [0.1, 0.15) is 0 Å². The summed E-state index contributed by atoms with van der Waals surface area (Å²) in [6.07, 6.45) is 1.96. The van der Waals surface area contributed by atoms with Gasteiger partial charge in [0.2, 0.25) is 0 Å². The van der Waals surface area contributed by atoms with Crippen LogP contribution < -0.4 is 0 Å². The molecule has 0 saturated carbocycles. The van der Waals surface area contributed by atoms with Gasteiger partial charge in [-0.3, -0.25) is 0 Å². The first kappa shape index (κ1) is 12.5. The molecule has 2 rings (SSSR count). The van der Waals surface area contributed by atoms with Crippen molar-refractivity contribution < 1.29 is 0 Å². The van der Waals surface area contributed by atoms with Crippen molar-refractivity contribution >= 4 is 35.0 Å². The van der Waals surface area contributed by atoms with Crippen LogP contribution in [0.4, 0.5) is 0 Å². The summed E-state index contributed by atoms with van der Waals surface area (Å²) < 4.78 is 0.931. The minimum Gasteiger partial charge on any atom is -0.339 e. The van der Waals surface area contributed by atoms with E-state index in [0.717, 1.165) is 9.53 Å². The molecule has 15 heavy (non-hydrogen) atoms. The molecule has 0 bridgehead atoms. The van der Waals surface area contributed by atoms with E-state index in [0.29, 0.717) is 0 Å². The van der Waals surface area contributed by atoms with E-state index in [9.17, 15) is 0 Å². The van der Waals surface area contributed by atoms with Crippen molar-refractivity contribution in [3.63, 3.8) is 0 Å². The van der Waals surface area contributed by atoms with Crippen molar-refractivity contribution in [2.75, 3.05) is 0 Å². The van der Waals surface area contributed by atoms with Gasteiger partial charge >= 0.3 is 0 Å². The van der Waals surface area contributed by atoms with Crippen molar-refractivity contribution in [1.82, 2.24) is 9.97 Å². The van der Waals surface area contributed by atoms with Gasteiger partial charge in [0.05, 0.1) is 5.69 Å². The predicted molar refractivity (Wildman–Crippen MR) is 73.5 cm³/mol. The highest BCUT2D eigenvalue weighted by Crippen LogP contribution is 2.25. The molecule has 0 saturated heterocycles. The number of aromatic nitrogens is 2. The highest BCUT2D eigenvalue weighted by Gasteiger charge is 2.07. The van der Waals surface area contributed by atoms with Crippen LogP contribution >= 0.6 is 35.0 Å². The maximum Gasteiger partial charge on any atom is 0.169 e. The lowest BCUT2D eigenvalue weighted by Gasteiger charge is -2.05. The third-order valence-electron chi connectivity index (χ3n) is 2.28. The third kappa shape index (κ3) is 2.52. The van der Waals surface area contributed by atoms with Crippen LogP contribution in [-0.4, -0.2) is 9.97 Å². The summed E-state index contributed by atoms with van der Waals surface area (Å²) in [6, 6.07) is 6.31. The zero-order chi connectivity index (χ0) is 10.1. The second-order valence-electron chi connectivity index (χ2n) is 3.34. The highest BCUT2D eigenvalue weighted by atomic mass is 127. The Morgan fingerprint density at radius 2 is 1.80 bits per heavy atom. The lowest BCUT2D eigenvalue weighted by atomic mass is 10.0. The summed E-state index contributed by atoms with van der Waals surface area (Å²) in [5, 5.41) is 0. The van der Waals surface area contributed by atoms with Crippen molar-refractivity contribution in [3.8, 4) is 11.3 Å². The number of hydrogen-bond donors (Lipinski definition) is 1. The van der Waals surface area contributed by atoms with E-state index in [-0.39, 0.29) is 12.4 Å². The lowest BCUT2D eigenvalue weighted by molar-refractivity contribution is 1.23. The standard InChI is InChI=1S/C11H11IN2.ClH/c1-7-4-3-5-8(2)10(7)9-6-13-11(12)14-9;/h3-6H,1-2H3,(H,13,14);1H. The molecule has 0 unspecified atom stereocenters. The normalized spacial score (nSPS) is 9.80. The number of nitrogens with one attached hydrogen (secondary N) is 1. The first-order valence-electron chi connectivity index (χ1n) is 4.46. The summed E-state index contributed by atoms with van der Waals surface area (Å²) in [4.78, 5) is 7.53. The molecule has 0 aliphatic rings. The number of aromatic amines is 1. The molecule has 1 aromatic heterocycles. The van der Waals surface area contributed by atoms with Gasteiger partial charge in [-0.15, -0.1) is 12.4 Å². The quantitative estimate of drug-likeness (QED) is 0.791. The highest BCUT2D eigenvalue weighted by molar-refractivity contribution is 14.1. The van der Waals surface area contributed by atoms with E-state index in [1.807, 2.05) is 6.20 Å². The Balaban J connectivity index is 0.00000112. The summed E-state index contributed by atoms with van der Waals surface area (Å²) in [6.45, 7) is 4.23. The van der Waals surface area contributed by atoms with Gasteiger partial charge in [0.25, 0.3) is 0 Å². The molecule has 80 valence electrons. The largest absolute Gasteiger partial charge is 0.339 e. The third-order valence-corrected chi connectivity index (χ3v) is 2.84. The van der Waals surface area contributed by atoms with Gasteiger partial charge in [0.15, 0.2) is 3.83 Å². The van der Waals surface area contributed by atoms with Crippen LogP contribution in [0.1, 0.15) is 11.1 Å². The maximum absolute atomic E-state index is 4.43. The SMILES string of the molecule is Cc1cccc(C)c1-c1c[nH]c(I)n1.Cl. The van der Waals surface area contributed by atoms with Gasteiger partial charge in [0, 0.05) is 11.8 Å². The van der Waals surface area contributed by atoms with Crippen LogP contribution in [0, 0.1) is 17.7 Å². The van der Waals surface area contributed by atoms with Gasteiger partial charge < -0.3 is 4.98 Å². The van der Waals surface area contributed by atoms with E-state index >= 15 is 0 Å². The monoisotopic (exact) mass is 334 g/mol. The first-order valence-corrected chi connectivity index (χ1v) is 5.54. The summed E-state index contributed by atoms with van der Waals surface area (Å²) >= 11 is 2.18. The first-order chi connectivity index (χ1) is 6.68. The molecule has 1 aromatic carbocycles. The number of rotatable bonds is 1. The van der Waals surface area contributed by atoms with Crippen molar-refractivity contribution in [1.29, 1.82) is 0 Å². The Kier molecular flexibility index (Phi) is 4.16. The number of H-pyrrole nitrogens is 1. The fraction of sp³-hybridized carbons (Fsp3) is 0.182. The van der Waals surface area contributed by atoms with Crippen LogP contribution in [0.3, 0.4) is 0 Å². The fourth-order valence-electron chi connectivity index (χ4n) is 1.64. The summed E-state index contributed by atoms with van der Waals surface area (Å²) in [5.74, 6) is 0. The molecule has 0 aliphatic heterocycles. The number of halogens is 2. The van der Waals surface area contributed by atoms with Crippen molar-refractivity contribution in [3.05, 3.63) is 39.4 Å². The number of benzene rings is 1. The van der Waals surface area contributed by atoms with Crippen molar-refractivity contribution in [2.24, 2.45) is 0 Å². The molecule has 0 aliphatic carbocycles. The fourth-order valence-corrected chi connectivity index (χ4v) is 2.06. The Hall–Kier alpha value is -0.550. The minimum absolute atomic E-state index is 0. The smallest absolute Gasteiger partial charge is 0.169 e. The number of hydrogen-bond acceptors (Lipinski definition) is 1. The van der Waals surface area contributed by atoms with E-state index in [2.05, 4.69) is 64.6 Å². The molecular weight excluding hydrogens is 322 g/mol. The molecular formula is C11H12ClIN2. The van der Waals surface area contributed by atoms with E-state index in [1.165, 1.54) is 16.7 Å². The molecule has 0 atom stereocenters. The number of imidazole rings is 1. The van der Waals surface area contributed by atoms with E-state index in [1.54, 1.807) is 0 Å². The average Bonchev–Trinajstić information content (AvgIpc) is 2.51. The molecule has 1 heterocycles. The molecule has 2 aromatic rings. The van der Waals surface area contributed by atoms with E-state index < -0.39 is 0 Å². The zero-order valence-electron chi connectivity index (χ0n) is 8.54. The van der Waals surface area contributed by atoms with Crippen LogP contribution in [0.2, 0.25) is 0 Å². The van der Waals surface area contributed by atoms with Gasteiger partial charge in [-0.2, -0.15) is 0 Å². The minimum atomic E-state index is 0. The van der Waals surface area contributed by atoms with Crippen LogP contribution in [0.5, 0.6) is 0 Å². The molecule has 2 nitrogen and oxygen atoms in total. The van der Waals surface area contributed by atoms with Gasteiger partial charge in [-0.05, 0) is 47.6 Å². The van der Waals surface area contributed by atoms with Crippen LogP contribution in [-0.2, 0) is 0 Å². The van der Waals surface area contributed by atoms with Crippen molar-refractivity contribution in [2.45, 2.75) is 13.8 Å². The molecule has 0 spiro atoms. The second-order valence-corrected chi connectivity index (χ2v) is 4.37. The Morgan fingerprint density at radius 1 is 1.20 bits per heavy atom. The van der Waals surface area contributed by atoms with Crippen LogP contribution in [0.15, 0.2) is 24.4 Å². The number of aryl methyl sites for hydroxylation is 2. The van der Waals surface area contributed by atoms with Gasteiger partial charge in [-0.1, -0.05) is 18.2 Å². The Bertz CT molecular complexity index is 445.